The van der Waals surface area contributed by atoms with E-state index in [4.69, 9.17) is 27.9 Å². The summed E-state index contributed by atoms with van der Waals surface area (Å²) >= 11 is 12.5. The molecule has 0 spiro atoms. The summed E-state index contributed by atoms with van der Waals surface area (Å²) in [6.45, 7) is -0.0823. The molecule has 8 nitrogen and oxygen atoms in total. The number of fused-ring (bicyclic) bond motifs is 1. The Balaban J connectivity index is 1.80. The van der Waals surface area contributed by atoms with Crippen LogP contribution in [-0.2, 0) is 4.74 Å². The van der Waals surface area contributed by atoms with E-state index in [1.54, 1.807) is 23.0 Å². The number of benzene rings is 1. The van der Waals surface area contributed by atoms with Gasteiger partial charge in [0.1, 0.15) is 11.9 Å². The van der Waals surface area contributed by atoms with Crippen LogP contribution in [0.3, 0.4) is 0 Å². The minimum absolute atomic E-state index is 0.138. The van der Waals surface area contributed by atoms with E-state index in [1.807, 2.05) is 6.20 Å². The summed E-state index contributed by atoms with van der Waals surface area (Å²) in [4.78, 5) is 16.0. The number of hydrogen-bond donors (Lipinski definition) is 4. The van der Waals surface area contributed by atoms with E-state index in [9.17, 15) is 15.0 Å². The molecule has 4 rings (SSSR count). The van der Waals surface area contributed by atoms with Crippen LogP contribution >= 0.6 is 23.2 Å². The summed E-state index contributed by atoms with van der Waals surface area (Å²) in [5.41, 5.74) is 2.09. The third-order valence-electron chi connectivity index (χ3n) is 5.21. The fraction of sp³-hybridized carbons (Fsp3) is 0.400. The van der Waals surface area contributed by atoms with Crippen molar-refractivity contribution in [2.75, 3.05) is 19.8 Å². The van der Waals surface area contributed by atoms with Gasteiger partial charge in [-0.1, -0.05) is 29.3 Å². The Kier molecular flexibility index (Phi) is 6.31. The van der Waals surface area contributed by atoms with Crippen molar-refractivity contribution in [2.45, 2.75) is 31.5 Å². The van der Waals surface area contributed by atoms with Crippen molar-refractivity contribution >= 4 is 40.0 Å². The molecule has 1 amide bonds. The third kappa shape index (κ3) is 3.93. The lowest BCUT2D eigenvalue weighted by Crippen LogP contribution is -2.40. The summed E-state index contributed by atoms with van der Waals surface area (Å²) in [5, 5.41) is 27.1. The lowest BCUT2D eigenvalue weighted by atomic mass is 10.0. The second-order valence-electron chi connectivity index (χ2n) is 7.22. The SMILES string of the molecule is O=C(NC(CO)CO)c1[nH]c2c(Cl)c(Cl)ccc2c1-c1cnn(C2CCCCO2)c1. The lowest BCUT2D eigenvalue weighted by molar-refractivity contribution is -0.0394. The van der Waals surface area contributed by atoms with Crippen LogP contribution in [0.1, 0.15) is 36.0 Å². The third-order valence-corrected chi connectivity index (χ3v) is 6.01. The number of nitrogens with zero attached hydrogens (tertiary/aromatic N) is 2. The number of nitrogens with one attached hydrogen (secondary N) is 2. The summed E-state index contributed by atoms with van der Waals surface area (Å²) in [7, 11) is 0. The molecule has 3 heterocycles. The van der Waals surface area contributed by atoms with Gasteiger partial charge in [0.25, 0.3) is 5.91 Å². The maximum Gasteiger partial charge on any atom is 0.268 e. The molecule has 0 saturated carbocycles. The number of aromatic nitrogens is 3. The predicted octanol–water partition coefficient (Wildman–Crippen LogP) is 3.12. The summed E-state index contributed by atoms with van der Waals surface area (Å²) in [6, 6.07) is 2.68. The number of halogens is 2. The van der Waals surface area contributed by atoms with Crippen molar-refractivity contribution in [3.05, 3.63) is 40.3 Å². The molecule has 1 fully saturated rings. The molecule has 4 N–H and O–H groups in total. The van der Waals surface area contributed by atoms with Gasteiger partial charge in [0.05, 0.1) is 41.0 Å². The number of rotatable bonds is 6. The quantitative estimate of drug-likeness (QED) is 0.458. The van der Waals surface area contributed by atoms with Crippen molar-refractivity contribution in [1.82, 2.24) is 20.1 Å². The van der Waals surface area contributed by atoms with E-state index in [0.29, 0.717) is 38.7 Å². The molecule has 1 saturated heterocycles. The number of carbonyl (C=O) groups excluding carboxylic acids is 1. The van der Waals surface area contributed by atoms with E-state index in [1.165, 1.54) is 0 Å². The highest BCUT2D eigenvalue weighted by molar-refractivity contribution is 6.45. The Morgan fingerprint density at radius 3 is 2.83 bits per heavy atom. The van der Waals surface area contributed by atoms with E-state index in [2.05, 4.69) is 15.4 Å². The van der Waals surface area contributed by atoms with Gasteiger partial charge in [0.15, 0.2) is 0 Å². The second kappa shape index (κ2) is 8.95. The van der Waals surface area contributed by atoms with Crippen molar-refractivity contribution in [3.63, 3.8) is 0 Å². The number of H-pyrrole nitrogens is 1. The molecule has 1 aliphatic heterocycles. The Morgan fingerprint density at radius 2 is 2.13 bits per heavy atom. The van der Waals surface area contributed by atoms with Crippen molar-refractivity contribution in [3.8, 4) is 11.1 Å². The molecule has 10 heteroatoms. The molecule has 1 atom stereocenters. The zero-order chi connectivity index (χ0) is 21.3. The van der Waals surface area contributed by atoms with Gasteiger partial charge >= 0.3 is 0 Å². The Morgan fingerprint density at radius 1 is 1.33 bits per heavy atom. The van der Waals surface area contributed by atoms with E-state index < -0.39 is 11.9 Å². The maximum atomic E-state index is 12.9. The van der Waals surface area contributed by atoms with Crippen LogP contribution in [0, 0.1) is 0 Å². The van der Waals surface area contributed by atoms with E-state index in [0.717, 1.165) is 19.3 Å². The van der Waals surface area contributed by atoms with Crippen LogP contribution in [0.2, 0.25) is 10.0 Å². The van der Waals surface area contributed by atoms with Gasteiger partial charge in [-0.15, -0.1) is 0 Å². The standard InChI is InChI=1S/C20H22Cl2N4O4/c21-14-5-4-13-16(11-7-23-26(8-11)15-3-1-2-6-30-15)19(25-18(13)17(14)22)20(29)24-12(9-27)10-28/h4-5,7-8,12,15,25,27-28H,1-3,6,9-10H2,(H,24,29). The number of aromatic amines is 1. The highest BCUT2D eigenvalue weighted by Gasteiger charge is 2.25. The summed E-state index contributed by atoms with van der Waals surface area (Å²) < 4.78 is 7.56. The molecule has 0 radical (unpaired) electrons. The minimum atomic E-state index is -0.783. The monoisotopic (exact) mass is 452 g/mol. The molecule has 30 heavy (non-hydrogen) atoms. The van der Waals surface area contributed by atoms with Gasteiger partial charge in [-0.05, 0) is 25.3 Å². The lowest BCUT2D eigenvalue weighted by Gasteiger charge is -2.22. The molecule has 1 aromatic carbocycles. The number of hydrogen-bond acceptors (Lipinski definition) is 5. The molecule has 2 aromatic heterocycles. The van der Waals surface area contributed by atoms with Crippen LogP contribution in [0.25, 0.3) is 22.0 Å². The molecule has 1 aliphatic rings. The minimum Gasteiger partial charge on any atom is -0.394 e. The Hall–Kier alpha value is -2.10. The van der Waals surface area contributed by atoms with Gasteiger partial charge in [-0.25, -0.2) is 4.68 Å². The molecule has 160 valence electrons. The number of aliphatic hydroxyl groups excluding tert-OH is 2. The fourth-order valence-corrected chi connectivity index (χ4v) is 4.01. The first-order chi connectivity index (χ1) is 14.5. The average Bonchev–Trinajstić information content (AvgIpc) is 3.40. The van der Waals surface area contributed by atoms with E-state index in [-0.39, 0.29) is 25.1 Å². The number of carbonyl (C=O) groups is 1. The molecule has 3 aromatic rings. The van der Waals surface area contributed by atoms with Crippen LogP contribution < -0.4 is 5.32 Å². The van der Waals surface area contributed by atoms with Gasteiger partial charge in [-0.2, -0.15) is 5.10 Å². The highest BCUT2D eigenvalue weighted by atomic mass is 35.5. The van der Waals surface area contributed by atoms with Crippen LogP contribution in [0.4, 0.5) is 0 Å². The van der Waals surface area contributed by atoms with Crippen molar-refractivity contribution in [1.29, 1.82) is 0 Å². The van der Waals surface area contributed by atoms with Crippen LogP contribution in [-0.4, -0.2) is 56.7 Å². The fourth-order valence-electron chi connectivity index (χ4n) is 3.64. The smallest absolute Gasteiger partial charge is 0.268 e. The molecule has 0 aliphatic carbocycles. The zero-order valence-electron chi connectivity index (χ0n) is 16.1. The summed E-state index contributed by atoms with van der Waals surface area (Å²) in [5.74, 6) is -0.483. The molecular weight excluding hydrogens is 431 g/mol. The second-order valence-corrected chi connectivity index (χ2v) is 8.01. The molecule has 0 bridgehead atoms. The zero-order valence-corrected chi connectivity index (χ0v) is 17.6. The van der Waals surface area contributed by atoms with Gasteiger partial charge in [0, 0.05) is 29.3 Å². The first-order valence-corrected chi connectivity index (χ1v) is 10.5. The number of aliphatic hydroxyl groups is 2. The molecule has 1 unspecified atom stereocenters. The van der Waals surface area contributed by atoms with Crippen molar-refractivity contribution < 1.29 is 19.7 Å². The maximum absolute atomic E-state index is 12.9. The number of ether oxygens (including phenoxy) is 1. The first kappa shape index (κ1) is 21.1. The molecular formula is C20H22Cl2N4O4. The average molecular weight is 453 g/mol. The Labute approximate surface area is 182 Å². The first-order valence-electron chi connectivity index (χ1n) is 9.71. The Bertz CT molecular complexity index is 1050. The van der Waals surface area contributed by atoms with Crippen molar-refractivity contribution in [2.24, 2.45) is 0 Å². The van der Waals surface area contributed by atoms with Gasteiger partial charge < -0.3 is 25.3 Å². The topological polar surface area (TPSA) is 112 Å². The predicted molar refractivity (Wildman–Crippen MR) is 114 cm³/mol. The normalized spacial score (nSPS) is 17.0. The van der Waals surface area contributed by atoms with Crippen LogP contribution in [0.5, 0.6) is 0 Å². The highest BCUT2D eigenvalue weighted by Crippen LogP contribution is 2.39. The number of amides is 1. The van der Waals surface area contributed by atoms with E-state index >= 15 is 0 Å². The summed E-state index contributed by atoms with van der Waals surface area (Å²) in [6.07, 6.45) is 6.36. The van der Waals surface area contributed by atoms with Gasteiger partial charge in [0.2, 0.25) is 0 Å². The van der Waals surface area contributed by atoms with Gasteiger partial charge in [-0.3, -0.25) is 4.79 Å². The van der Waals surface area contributed by atoms with Crippen LogP contribution in [0.15, 0.2) is 24.5 Å². The largest absolute Gasteiger partial charge is 0.394 e.